The Morgan fingerprint density at radius 1 is 1.45 bits per heavy atom. The van der Waals surface area contributed by atoms with E-state index in [1.54, 1.807) is 10.6 Å². The fourth-order valence-corrected chi connectivity index (χ4v) is 2.12. The van der Waals surface area contributed by atoms with Crippen LogP contribution >= 0.6 is 0 Å². The lowest BCUT2D eigenvalue weighted by Crippen LogP contribution is -2.33. The zero-order chi connectivity index (χ0) is 14.9. The van der Waals surface area contributed by atoms with E-state index in [1.807, 2.05) is 26.0 Å². The van der Waals surface area contributed by atoms with Gasteiger partial charge in [0.1, 0.15) is 17.9 Å². The topological polar surface area (TPSA) is 74.9 Å². The van der Waals surface area contributed by atoms with E-state index >= 15 is 0 Å². The smallest absolute Gasteiger partial charge is 0.323 e. The molecular weight excluding hydrogens is 258 g/mol. The molecule has 0 bridgehead atoms. The predicted octanol–water partition coefficient (Wildman–Crippen LogP) is 1.36. The zero-order valence-corrected chi connectivity index (χ0v) is 11.8. The van der Waals surface area contributed by atoms with E-state index in [2.05, 4.69) is 4.98 Å². The third-order valence-electron chi connectivity index (χ3n) is 3.11. The molecule has 0 radical (unpaired) electrons. The third kappa shape index (κ3) is 2.49. The van der Waals surface area contributed by atoms with E-state index in [1.165, 1.54) is 11.9 Å². The summed E-state index contributed by atoms with van der Waals surface area (Å²) < 4.78 is 1.71. The molecule has 0 saturated carbocycles. The molecule has 2 aromatic rings. The van der Waals surface area contributed by atoms with E-state index in [-0.39, 0.29) is 12.5 Å². The Labute approximate surface area is 116 Å². The van der Waals surface area contributed by atoms with Gasteiger partial charge in [-0.25, -0.2) is 4.98 Å². The number of carbonyl (C=O) groups is 2. The lowest BCUT2D eigenvalue weighted by Gasteiger charge is -2.15. The van der Waals surface area contributed by atoms with Gasteiger partial charge in [0.25, 0.3) is 5.91 Å². The first-order valence-electron chi connectivity index (χ1n) is 6.39. The number of aliphatic carboxylic acids is 1. The van der Waals surface area contributed by atoms with Crippen molar-refractivity contribution in [3.63, 3.8) is 0 Å². The number of imidazole rings is 1. The Hall–Kier alpha value is -2.37. The molecule has 6 nitrogen and oxygen atoms in total. The second-order valence-corrected chi connectivity index (χ2v) is 4.75. The summed E-state index contributed by atoms with van der Waals surface area (Å²) in [6, 6.07) is 3.79. The largest absolute Gasteiger partial charge is 0.480 e. The summed E-state index contributed by atoms with van der Waals surface area (Å²) in [4.78, 5) is 28.8. The molecule has 1 amide bonds. The van der Waals surface area contributed by atoms with Gasteiger partial charge in [-0.15, -0.1) is 0 Å². The third-order valence-corrected chi connectivity index (χ3v) is 3.11. The average molecular weight is 275 g/mol. The van der Waals surface area contributed by atoms with Crippen LogP contribution in [0.1, 0.15) is 28.7 Å². The summed E-state index contributed by atoms with van der Waals surface area (Å²) in [6.45, 7) is 3.54. The van der Waals surface area contributed by atoms with E-state index < -0.39 is 5.97 Å². The number of carboxylic acid groups (broad SMARTS) is 1. The highest BCUT2D eigenvalue weighted by molar-refractivity contribution is 5.96. The summed E-state index contributed by atoms with van der Waals surface area (Å²) in [5.74, 6) is -1.37. The molecule has 0 unspecified atom stereocenters. The van der Waals surface area contributed by atoms with Gasteiger partial charge in [0.15, 0.2) is 0 Å². The predicted molar refractivity (Wildman–Crippen MR) is 73.9 cm³/mol. The molecule has 2 aromatic heterocycles. The highest BCUT2D eigenvalue weighted by Crippen LogP contribution is 2.16. The molecule has 106 valence electrons. The molecule has 0 aromatic carbocycles. The molecule has 0 aliphatic heterocycles. The van der Waals surface area contributed by atoms with E-state index in [0.29, 0.717) is 23.5 Å². The molecule has 20 heavy (non-hydrogen) atoms. The van der Waals surface area contributed by atoms with Gasteiger partial charge >= 0.3 is 5.97 Å². The van der Waals surface area contributed by atoms with Crippen molar-refractivity contribution in [2.45, 2.75) is 20.3 Å². The summed E-state index contributed by atoms with van der Waals surface area (Å²) in [6.07, 6.45) is 2.40. The van der Waals surface area contributed by atoms with Crippen LogP contribution in [-0.4, -0.2) is 44.9 Å². The second-order valence-electron chi connectivity index (χ2n) is 4.75. The van der Waals surface area contributed by atoms with Crippen LogP contribution in [0.4, 0.5) is 0 Å². The first-order chi connectivity index (χ1) is 9.43. The normalized spacial score (nSPS) is 10.8. The van der Waals surface area contributed by atoms with Crippen molar-refractivity contribution < 1.29 is 14.7 Å². The number of rotatable bonds is 4. The maximum absolute atomic E-state index is 12.4. The van der Waals surface area contributed by atoms with Gasteiger partial charge in [0.2, 0.25) is 0 Å². The molecule has 0 spiro atoms. The molecule has 0 aliphatic rings. The monoisotopic (exact) mass is 275 g/mol. The van der Waals surface area contributed by atoms with Crippen molar-refractivity contribution in [1.82, 2.24) is 14.3 Å². The molecule has 2 heterocycles. The van der Waals surface area contributed by atoms with Crippen molar-refractivity contribution >= 4 is 17.5 Å². The molecule has 2 rings (SSSR count). The van der Waals surface area contributed by atoms with Crippen LogP contribution in [0, 0.1) is 6.92 Å². The summed E-state index contributed by atoms with van der Waals surface area (Å²) in [7, 11) is 1.48. The number of amides is 1. The summed E-state index contributed by atoms with van der Waals surface area (Å²) in [5.41, 5.74) is 2.88. The quantitative estimate of drug-likeness (QED) is 0.914. The van der Waals surface area contributed by atoms with Crippen LogP contribution in [0.15, 0.2) is 18.3 Å². The molecule has 0 aliphatic carbocycles. The Balaban J connectivity index is 2.51. The lowest BCUT2D eigenvalue weighted by atomic mass is 10.2. The summed E-state index contributed by atoms with van der Waals surface area (Å²) >= 11 is 0. The fraction of sp³-hybridized carbons (Fsp3) is 0.357. The average Bonchev–Trinajstić information content (AvgIpc) is 2.74. The second kappa shape index (κ2) is 5.32. The van der Waals surface area contributed by atoms with Crippen LogP contribution in [0.3, 0.4) is 0 Å². The molecular formula is C14H17N3O3. The van der Waals surface area contributed by atoms with Gasteiger partial charge in [0.05, 0.1) is 5.69 Å². The summed E-state index contributed by atoms with van der Waals surface area (Å²) in [5, 5.41) is 8.79. The van der Waals surface area contributed by atoms with Crippen molar-refractivity contribution in [3.8, 4) is 0 Å². The SMILES string of the molecule is CCc1nc2cc(C)ccn2c1C(=O)N(C)CC(=O)O. The number of pyridine rings is 1. The van der Waals surface area contributed by atoms with Crippen molar-refractivity contribution in [3.05, 3.63) is 35.3 Å². The minimum absolute atomic E-state index is 0.332. The van der Waals surface area contributed by atoms with Gasteiger partial charge < -0.3 is 10.0 Å². The maximum atomic E-state index is 12.4. The zero-order valence-electron chi connectivity index (χ0n) is 11.8. The minimum Gasteiger partial charge on any atom is -0.480 e. The standard InChI is InChI=1S/C14H17N3O3/c1-4-10-13(14(20)16(3)8-12(18)19)17-6-5-9(2)7-11(17)15-10/h5-7H,4,8H2,1-3H3,(H,18,19). The van der Waals surface area contributed by atoms with Crippen molar-refractivity contribution in [2.24, 2.45) is 0 Å². The molecule has 1 N–H and O–H groups in total. The first kappa shape index (κ1) is 14.0. The van der Waals surface area contributed by atoms with Crippen LogP contribution in [-0.2, 0) is 11.2 Å². The van der Waals surface area contributed by atoms with Crippen LogP contribution in [0.5, 0.6) is 0 Å². The van der Waals surface area contributed by atoms with Crippen molar-refractivity contribution in [2.75, 3.05) is 13.6 Å². The van der Waals surface area contributed by atoms with Gasteiger partial charge in [0, 0.05) is 13.2 Å². The Morgan fingerprint density at radius 2 is 2.15 bits per heavy atom. The highest BCUT2D eigenvalue weighted by Gasteiger charge is 2.22. The molecule has 0 saturated heterocycles. The van der Waals surface area contributed by atoms with Gasteiger partial charge in [-0.2, -0.15) is 0 Å². The van der Waals surface area contributed by atoms with Crippen LogP contribution < -0.4 is 0 Å². The minimum atomic E-state index is -1.04. The lowest BCUT2D eigenvalue weighted by molar-refractivity contribution is -0.137. The number of hydrogen-bond donors (Lipinski definition) is 1. The highest BCUT2D eigenvalue weighted by atomic mass is 16.4. The van der Waals surface area contributed by atoms with Crippen LogP contribution in [0.25, 0.3) is 5.65 Å². The number of aryl methyl sites for hydroxylation is 2. The van der Waals surface area contributed by atoms with Gasteiger partial charge in [-0.1, -0.05) is 6.92 Å². The number of hydrogen-bond acceptors (Lipinski definition) is 3. The van der Waals surface area contributed by atoms with Crippen LogP contribution in [0.2, 0.25) is 0 Å². The van der Waals surface area contributed by atoms with Gasteiger partial charge in [-0.05, 0) is 31.0 Å². The Kier molecular flexibility index (Phi) is 3.74. The fourth-order valence-electron chi connectivity index (χ4n) is 2.12. The van der Waals surface area contributed by atoms with E-state index in [0.717, 1.165) is 5.56 Å². The molecule has 0 atom stereocenters. The van der Waals surface area contributed by atoms with Crippen molar-refractivity contribution in [1.29, 1.82) is 0 Å². The number of carbonyl (C=O) groups excluding carboxylic acids is 1. The number of fused-ring (bicyclic) bond motifs is 1. The number of likely N-dealkylation sites (N-methyl/N-ethyl adjacent to an activating group) is 1. The van der Waals surface area contributed by atoms with Gasteiger partial charge in [-0.3, -0.25) is 14.0 Å². The Bertz CT molecular complexity index is 676. The van der Waals surface area contributed by atoms with E-state index in [4.69, 9.17) is 5.11 Å². The first-order valence-corrected chi connectivity index (χ1v) is 6.39. The number of carboxylic acids is 1. The number of nitrogens with zero attached hydrogens (tertiary/aromatic N) is 3. The molecule has 0 fully saturated rings. The Morgan fingerprint density at radius 3 is 2.75 bits per heavy atom. The maximum Gasteiger partial charge on any atom is 0.323 e. The molecule has 6 heteroatoms. The number of aromatic nitrogens is 2. The van der Waals surface area contributed by atoms with E-state index in [9.17, 15) is 9.59 Å².